The highest BCUT2D eigenvalue weighted by Crippen LogP contribution is 2.21. The van der Waals surface area contributed by atoms with Crippen LogP contribution in [-0.2, 0) is 0 Å². The van der Waals surface area contributed by atoms with Gasteiger partial charge in [-0.2, -0.15) is 0 Å². The lowest BCUT2D eigenvalue weighted by Gasteiger charge is -2.08. The van der Waals surface area contributed by atoms with E-state index in [4.69, 9.17) is 0 Å². The first-order chi connectivity index (χ1) is 5.65. The summed E-state index contributed by atoms with van der Waals surface area (Å²) in [5, 5.41) is 9.51. The molecule has 0 saturated heterocycles. The minimum atomic E-state index is -0.545. The summed E-state index contributed by atoms with van der Waals surface area (Å²) in [6.07, 6.45) is 0.994. The number of hydrogen-bond donors (Lipinski definition) is 1. The largest absolute Gasteiger partial charge is 0.384 e. The van der Waals surface area contributed by atoms with Crippen molar-refractivity contribution >= 4 is 22.6 Å². The van der Waals surface area contributed by atoms with Gasteiger partial charge in [-0.15, -0.1) is 6.58 Å². The van der Waals surface area contributed by atoms with Crippen LogP contribution in [0, 0.1) is 10.5 Å². The Balaban J connectivity index is 3.12. The highest BCUT2D eigenvalue weighted by molar-refractivity contribution is 14.1. The van der Waals surface area contributed by atoms with Crippen molar-refractivity contribution in [2.24, 2.45) is 0 Å². The standard InChI is InChI=1S/C10H11IO/c1-3-10(12)8-6-7(2)4-5-9(8)11/h3-6,10,12H,1H2,2H3. The van der Waals surface area contributed by atoms with Crippen LogP contribution in [0.4, 0.5) is 0 Å². The molecule has 1 aromatic carbocycles. The summed E-state index contributed by atoms with van der Waals surface area (Å²) in [6, 6.07) is 6.01. The maximum atomic E-state index is 9.51. The predicted octanol–water partition coefficient (Wildman–Crippen LogP) is 2.82. The highest BCUT2D eigenvalue weighted by atomic mass is 127. The van der Waals surface area contributed by atoms with Gasteiger partial charge in [-0.25, -0.2) is 0 Å². The van der Waals surface area contributed by atoms with E-state index in [1.807, 2.05) is 25.1 Å². The van der Waals surface area contributed by atoms with Gasteiger partial charge < -0.3 is 5.11 Å². The lowest BCUT2D eigenvalue weighted by Crippen LogP contribution is -1.96. The Bertz CT molecular complexity index is 294. The van der Waals surface area contributed by atoms with Crippen LogP contribution < -0.4 is 0 Å². The number of halogens is 1. The molecule has 0 aliphatic heterocycles. The van der Waals surface area contributed by atoms with E-state index in [2.05, 4.69) is 29.2 Å². The van der Waals surface area contributed by atoms with Crippen LogP contribution in [0.1, 0.15) is 17.2 Å². The Kier molecular flexibility index (Phi) is 3.29. The summed E-state index contributed by atoms with van der Waals surface area (Å²) in [4.78, 5) is 0. The lowest BCUT2D eigenvalue weighted by atomic mass is 10.1. The molecule has 0 radical (unpaired) electrons. The van der Waals surface area contributed by atoms with Gasteiger partial charge in [0.1, 0.15) is 0 Å². The van der Waals surface area contributed by atoms with Gasteiger partial charge in [-0.1, -0.05) is 23.8 Å². The molecular formula is C10H11IO. The summed E-state index contributed by atoms with van der Waals surface area (Å²) < 4.78 is 1.07. The summed E-state index contributed by atoms with van der Waals surface area (Å²) >= 11 is 2.21. The average molecular weight is 274 g/mol. The first-order valence-electron chi connectivity index (χ1n) is 3.72. The van der Waals surface area contributed by atoms with Crippen molar-refractivity contribution in [2.45, 2.75) is 13.0 Å². The molecule has 0 fully saturated rings. The van der Waals surface area contributed by atoms with E-state index in [0.29, 0.717) is 0 Å². The summed E-state index contributed by atoms with van der Waals surface area (Å²) in [5.74, 6) is 0. The zero-order valence-electron chi connectivity index (χ0n) is 6.92. The second kappa shape index (κ2) is 4.05. The van der Waals surface area contributed by atoms with Gasteiger partial charge in [0, 0.05) is 3.57 Å². The molecule has 1 rings (SSSR count). The van der Waals surface area contributed by atoms with Crippen molar-refractivity contribution in [1.29, 1.82) is 0 Å². The Morgan fingerprint density at radius 1 is 1.58 bits per heavy atom. The average Bonchev–Trinajstić information content (AvgIpc) is 2.08. The Morgan fingerprint density at radius 3 is 2.83 bits per heavy atom. The number of aliphatic hydroxyl groups excluding tert-OH is 1. The number of aliphatic hydroxyl groups is 1. The molecule has 0 heterocycles. The normalized spacial score (nSPS) is 12.6. The third kappa shape index (κ3) is 2.08. The van der Waals surface area contributed by atoms with Gasteiger partial charge in [-0.05, 0) is 41.1 Å². The lowest BCUT2D eigenvalue weighted by molar-refractivity contribution is 0.228. The molecule has 0 aromatic heterocycles. The fraction of sp³-hybridized carbons (Fsp3) is 0.200. The molecule has 0 aliphatic rings. The molecule has 12 heavy (non-hydrogen) atoms. The number of hydrogen-bond acceptors (Lipinski definition) is 1. The summed E-state index contributed by atoms with van der Waals surface area (Å²) in [7, 11) is 0. The van der Waals surface area contributed by atoms with Gasteiger partial charge in [-0.3, -0.25) is 0 Å². The quantitative estimate of drug-likeness (QED) is 0.649. The first-order valence-corrected chi connectivity index (χ1v) is 4.79. The van der Waals surface area contributed by atoms with Crippen LogP contribution in [-0.4, -0.2) is 5.11 Å². The van der Waals surface area contributed by atoms with Crippen LogP contribution in [0.2, 0.25) is 0 Å². The second-order valence-corrected chi connectivity index (χ2v) is 3.87. The number of benzene rings is 1. The smallest absolute Gasteiger partial charge is 0.0979 e. The van der Waals surface area contributed by atoms with E-state index in [1.165, 1.54) is 6.08 Å². The van der Waals surface area contributed by atoms with Crippen molar-refractivity contribution < 1.29 is 5.11 Å². The zero-order chi connectivity index (χ0) is 9.14. The fourth-order valence-corrected chi connectivity index (χ4v) is 1.67. The molecule has 0 aliphatic carbocycles. The highest BCUT2D eigenvalue weighted by Gasteiger charge is 2.06. The fourth-order valence-electron chi connectivity index (χ4n) is 1.02. The van der Waals surface area contributed by atoms with Gasteiger partial charge >= 0.3 is 0 Å². The topological polar surface area (TPSA) is 20.2 Å². The molecule has 0 saturated carbocycles. The van der Waals surface area contributed by atoms with E-state index < -0.39 is 6.10 Å². The van der Waals surface area contributed by atoms with Crippen molar-refractivity contribution in [3.63, 3.8) is 0 Å². The summed E-state index contributed by atoms with van der Waals surface area (Å²) in [5.41, 5.74) is 2.09. The first kappa shape index (κ1) is 9.74. The molecule has 2 heteroatoms. The van der Waals surface area contributed by atoms with E-state index in [0.717, 1.165) is 14.7 Å². The van der Waals surface area contributed by atoms with E-state index >= 15 is 0 Å². The van der Waals surface area contributed by atoms with Crippen molar-refractivity contribution in [3.8, 4) is 0 Å². The zero-order valence-corrected chi connectivity index (χ0v) is 9.08. The molecule has 1 N–H and O–H groups in total. The molecule has 1 aromatic rings. The van der Waals surface area contributed by atoms with E-state index in [9.17, 15) is 5.11 Å². The second-order valence-electron chi connectivity index (χ2n) is 2.71. The van der Waals surface area contributed by atoms with Crippen molar-refractivity contribution in [3.05, 3.63) is 45.6 Å². The van der Waals surface area contributed by atoms with E-state index in [1.54, 1.807) is 0 Å². The van der Waals surface area contributed by atoms with E-state index in [-0.39, 0.29) is 0 Å². The molecule has 1 unspecified atom stereocenters. The van der Waals surface area contributed by atoms with Crippen LogP contribution in [0.3, 0.4) is 0 Å². The maximum absolute atomic E-state index is 9.51. The summed E-state index contributed by atoms with van der Waals surface area (Å²) in [6.45, 7) is 5.56. The Labute approximate surface area is 86.3 Å². The molecule has 0 amide bonds. The van der Waals surface area contributed by atoms with Gasteiger partial charge in [0.2, 0.25) is 0 Å². The van der Waals surface area contributed by atoms with Gasteiger partial charge in [0.15, 0.2) is 0 Å². The minimum Gasteiger partial charge on any atom is -0.384 e. The predicted molar refractivity (Wildman–Crippen MR) is 59.1 cm³/mol. The molecule has 1 nitrogen and oxygen atoms in total. The molecule has 1 atom stereocenters. The third-order valence-corrected chi connectivity index (χ3v) is 2.68. The Morgan fingerprint density at radius 2 is 2.25 bits per heavy atom. The van der Waals surface area contributed by atoms with Gasteiger partial charge in [0.05, 0.1) is 6.10 Å². The van der Waals surface area contributed by atoms with Crippen LogP contribution in [0.25, 0.3) is 0 Å². The molecule has 64 valence electrons. The third-order valence-electron chi connectivity index (χ3n) is 1.69. The monoisotopic (exact) mass is 274 g/mol. The Hall–Kier alpha value is -0.350. The van der Waals surface area contributed by atoms with Crippen molar-refractivity contribution in [1.82, 2.24) is 0 Å². The van der Waals surface area contributed by atoms with Gasteiger partial charge in [0.25, 0.3) is 0 Å². The molecule has 0 spiro atoms. The molecule has 0 bridgehead atoms. The molecular weight excluding hydrogens is 263 g/mol. The van der Waals surface area contributed by atoms with Crippen LogP contribution in [0.15, 0.2) is 30.9 Å². The van der Waals surface area contributed by atoms with Crippen LogP contribution in [0.5, 0.6) is 0 Å². The van der Waals surface area contributed by atoms with Crippen molar-refractivity contribution in [2.75, 3.05) is 0 Å². The SMILES string of the molecule is C=CC(O)c1cc(C)ccc1I. The number of aryl methyl sites for hydroxylation is 1. The maximum Gasteiger partial charge on any atom is 0.0979 e. The number of rotatable bonds is 2. The minimum absolute atomic E-state index is 0.545. The van der Waals surface area contributed by atoms with Crippen LogP contribution >= 0.6 is 22.6 Å².